The van der Waals surface area contributed by atoms with Gasteiger partial charge in [-0.2, -0.15) is 13.2 Å². The average Bonchev–Trinajstić information content (AvgIpc) is 2.76. The van der Waals surface area contributed by atoms with E-state index in [0.717, 1.165) is 0 Å². The fraction of sp³-hybridized carbons (Fsp3) is 0.636. The van der Waals surface area contributed by atoms with Gasteiger partial charge in [0.1, 0.15) is 11.0 Å². The zero-order valence-electron chi connectivity index (χ0n) is 10.2. The number of aliphatic hydroxyl groups is 1. The number of hydrogen-bond donors (Lipinski definition) is 1. The Kier molecular flexibility index (Phi) is 3.87. The van der Waals surface area contributed by atoms with E-state index < -0.39 is 18.1 Å². The Hall–Kier alpha value is -1.08. The van der Waals surface area contributed by atoms with Crippen molar-refractivity contribution in [1.82, 2.24) is 9.97 Å². The van der Waals surface area contributed by atoms with Gasteiger partial charge in [0.25, 0.3) is 0 Å². The van der Waals surface area contributed by atoms with Crippen LogP contribution in [0.1, 0.15) is 19.2 Å². The van der Waals surface area contributed by atoms with E-state index in [4.69, 9.17) is 11.6 Å². The van der Waals surface area contributed by atoms with Crippen LogP contribution in [0.4, 0.5) is 19.0 Å². The molecule has 0 aliphatic carbocycles. The van der Waals surface area contributed by atoms with Crippen LogP contribution in [0.3, 0.4) is 0 Å². The largest absolute Gasteiger partial charge is 0.451 e. The second-order valence-electron chi connectivity index (χ2n) is 4.61. The maximum Gasteiger partial charge on any atom is 0.451 e. The van der Waals surface area contributed by atoms with Crippen molar-refractivity contribution >= 4 is 17.4 Å². The molecule has 19 heavy (non-hydrogen) atoms. The maximum absolute atomic E-state index is 12.6. The second-order valence-corrected chi connectivity index (χ2v) is 4.99. The molecule has 0 radical (unpaired) electrons. The van der Waals surface area contributed by atoms with Crippen molar-refractivity contribution in [3.05, 3.63) is 17.0 Å². The molecule has 8 heteroatoms. The summed E-state index contributed by atoms with van der Waals surface area (Å²) in [5.74, 6) is -1.06. The predicted molar refractivity (Wildman–Crippen MR) is 64.0 cm³/mol. The van der Waals surface area contributed by atoms with Crippen molar-refractivity contribution in [2.45, 2.75) is 25.6 Å². The van der Waals surface area contributed by atoms with Gasteiger partial charge < -0.3 is 10.0 Å². The van der Waals surface area contributed by atoms with E-state index in [1.807, 2.05) is 0 Å². The summed E-state index contributed by atoms with van der Waals surface area (Å²) in [7, 11) is 0. The standard InChI is InChI=1S/C11H13ClF3N3O/c1-6(19)7-2-3-18(5-7)9-4-8(12)16-10(17-9)11(13,14)15/h4,6-7,19H,2-3,5H2,1H3. The van der Waals surface area contributed by atoms with Gasteiger partial charge in [-0.3, -0.25) is 0 Å². The average molecular weight is 296 g/mol. The van der Waals surface area contributed by atoms with Crippen LogP contribution in [0.2, 0.25) is 5.15 Å². The van der Waals surface area contributed by atoms with Gasteiger partial charge in [-0.25, -0.2) is 9.97 Å². The lowest BCUT2D eigenvalue weighted by molar-refractivity contribution is -0.144. The first-order valence-electron chi connectivity index (χ1n) is 5.82. The summed E-state index contributed by atoms with van der Waals surface area (Å²) in [6.45, 7) is 2.67. The number of anilines is 1. The molecule has 1 aliphatic heterocycles. The van der Waals surface area contributed by atoms with Crippen LogP contribution in [0.15, 0.2) is 6.07 Å². The zero-order chi connectivity index (χ0) is 14.2. The minimum absolute atomic E-state index is 0.0306. The molecule has 0 saturated carbocycles. The molecule has 0 bridgehead atoms. The molecule has 4 nitrogen and oxygen atoms in total. The van der Waals surface area contributed by atoms with Crippen LogP contribution in [0.5, 0.6) is 0 Å². The van der Waals surface area contributed by atoms with E-state index in [2.05, 4.69) is 9.97 Å². The summed E-state index contributed by atoms with van der Waals surface area (Å²) in [5.41, 5.74) is 0. The van der Waals surface area contributed by atoms with E-state index in [9.17, 15) is 18.3 Å². The normalized spacial score (nSPS) is 21.8. The highest BCUT2D eigenvalue weighted by atomic mass is 35.5. The van der Waals surface area contributed by atoms with E-state index in [1.165, 1.54) is 6.07 Å². The molecule has 1 aliphatic rings. The summed E-state index contributed by atoms with van der Waals surface area (Å²) < 4.78 is 37.8. The third-order valence-electron chi connectivity index (χ3n) is 3.17. The maximum atomic E-state index is 12.6. The number of aromatic nitrogens is 2. The summed E-state index contributed by atoms with van der Waals surface area (Å²) in [6.07, 6.45) is -4.41. The Balaban J connectivity index is 2.24. The molecule has 1 fully saturated rings. The minimum Gasteiger partial charge on any atom is -0.393 e. The molecule has 1 saturated heterocycles. The highest BCUT2D eigenvalue weighted by Crippen LogP contribution is 2.31. The van der Waals surface area contributed by atoms with E-state index in [1.54, 1.807) is 11.8 Å². The van der Waals surface area contributed by atoms with Crippen LogP contribution in [-0.2, 0) is 6.18 Å². The van der Waals surface area contributed by atoms with Gasteiger partial charge >= 0.3 is 6.18 Å². The quantitative estimate of drug-likeness (QED) is 0.851. The van der Waals surface area contributed by atoms with Crippen LogP contribution >= 0.6 is 11.6 Å². The van der Waals surface area contributed by atoms with Gasteiger partial charge in [-0.15, -0.1) is 0 Å². The summed E-state index contributed by atoms with van der Waals surface area (Å²) in [6, 6.07) is 1.31. The molecule has 0 spiro atoms. The Morgan fingerprint density at radius 2 is 2.16 bits per heavy atom. The Bertz CT molecular complexity index is 467. The fourth-order valence-electron chi connectivity index (χ4n) is 2.08. The smallest absolute Gasteiger partial charge is 0.393 e. The molecule has 106 valence electrons. The third kappa shape index (κ3) is 3.27. The molecular formula is C11H13ClF3N3O. The van der Waals surface area contributed by atoms with Crippen LogP contribution in [-0.4, -0.2) is 34.3 Å². The lowest BCUT2D eigenvalue weighted by Gasteiger charge is -2.19. The molecule has 2 unspecified atom stereocenters. The summed E-state index contributed by atoms with van der Waals surface area (Å²) >= 11 is 5.61. The molecule has 2 rings (SSSR count). The zero-order valence-corrected chi connectivity index (χ0v) is 10.9. The highest BCUT2D eigenvalue weighted by molar-refractivity contribution is 6.29. The van der Waals surface area contributed by atoms with Crippen LogP contribution < -0.4 is 4.90 Å². The molecule has 2 atom stereocenters. The van der Waals surface area contributed by atoms with Crippen molar-refractivity contribution in [2.75, 3.05) is 18.0 Å². The Morgan fingerprint density at radius 3 is 2.68 bits per heavy atom. The van der Waals surface area contributed by atoms with Crippen LogP contribution in [0.25, 0.3) is 0 Å². The number of nitrogens with zero attached hydrogens (tertiary/aromatic N) is 3. The van der Waals surface area contributed by atoms with Gasteiger partial charge in [-0.1, -0.05) is 11.6 Å². The van der Waals surface area contributed by atoms with Crippen molar-refractivity contribution in [3.8, 4) is 0 Å². The van der Waals surface area contributed by atoms with Crippen molar-refractivity contribution in [3.63, 3.8) is 0 Å². The van der Waals surface area contributed by atoms with Crippen molar-refractivity contribution < 1.29 is 18.3 Å². The van der Waals surface area contributed by atoms with Crippen LogP contribution in [0, 0.1) is 5.92 Å². The lowest BCUT2D eigenvalue weighted by atomic mass is 10.0. The molecule has 1 aromatic rings. The topological polar surface area (TPSA) is 49.2 Å². The summed E-state index contributed by atoms with van der Waals surface area (Å²) in [4.78, 5) is 8.37. The molecule has 0 aromatic carbocycles. The van der Waals surface area contributed by atoms with E-state index in [0.29, 0.717) is 19.5 Å². The number of aliphatic hydroxyl groups excluding tert-OH is 1. The van der Waals surface area contributed by atoms with Crippen molar-refractivity contribution in [2.24, 2.45) is 5.92 Å². The summed E-state index contributed by atoms with van der Waals surface area (Å²) in [5, 5.41) is 9.25. The molecular weight excluding hydrogens is 283 g/mol. The molecule has 0 amide bonds. The van der Waals surface area contributed by atoms with Gasteiger partial charge in [0, 0.05) is 25.1 Å². The number of hydrogen-bond acceptors (Lipinski definition) is 4. The minimum atomic E-state index is -4.62. The first-order valence-corrected chi connectivity index (χ1v) is 6.20. The molecule has 1 aromatic heterocycles. The van der Waals surface area contributed by atoms with E-state index in [-0.39, 0.29) is 16.9 Å². The third-order valence-corrected chi connectivity index (χ3v) is 3.36. The fourth-order valence-corrected chi connectivity index (χ4v) is 2.26. The first kappa shape index (κ1) is 14.3. The van der Waals surface area contributed by atoms with E-state index >= 15 is 0 Å². The monoisotopic (exact) mass is 295 g/mol. The van der Waals surface area contributed by atoms with Gasteiger partial charge in [0.2, 0.25) is 5.82 Å². The van der Waals surface area contributed by atoms with Gasteiger partial charge in [0.05, 0.1) is 6.10 Å². The molecule has 2 heterocycles. The first-order chi connectivity index (χ1) is 8.77. The number of alkyl halides is 3. The number of halogens is 4. The predicted octanol–water partition coefficient (Wildman–Crippen LogP) is 2.36. The molecule has 1 N–H and O–H groups in total. The Morgan fingerprint density at radius 1 is 1.47 bits per heavy atom. The number of rotatable bonds is 2. The van der Waals surface area contributed by atoms with Gasteiger partial charge in [0.15, 0.2) is 0 Å². The highest BCUT2D eigenvalue weighted by Gasteiger charge is 2.36. The second kappa shape index (κ2) is 5.13. The SMILES string of the molecule is CC(O)C1CCN(c2cc(Cl)nc(C(F)(F)F)n2)C1. The lowest BCUT2D eigenvalue weighted by Crippen LogP contribution is -2.25. The van der Waals surface area contributed by atoms with Gasteiger partial charge in [-0.05, 0) is 13.3 Å². The van der Waals surface area contributed by atoms with Crippen molar-refractivity contribution in [1.29, 1.82) is 0 Å². The Labute approximate surface area is 113 Å².